The maximum Gasteiger partial charge on any atom is 0.494 e. The zero-order chi connectivity index (χ0) is 13.9. The predicted molar refractivity (Wildman–Crippen MR) is 84.5 cm³/mol. The summed E-state index contributed by atoms with van der Waals surface area (Å²) >= 11 is 0. The van der Waals surface area contributed by atoms with Gasteiger partial charge in [0.15, 0.2) is 0 Å². The molecule has 3 nitrogen and oxygen atoms in total. The Hall–Kier alpha value is -0.545. The van der Waals surface area contributed by atoms with E-state index in [1.165, 1.54) is 5.56 Å². The molecule has 0 unspecified atom stereocenters. The van der Waals surface area contributed by atoms with Crippen molar-refractivity contribution in [3.63, 3.8) is 0 Å². The van der Waals surface area contributed by atoms with Gasteiger partial charge in [0.25, 0.3) is 0 Å². The Labute approximate surface area is 127 Å². The van der Waals surface area contributed by atoms with Crippen LogP contribution in [-0.2, 0) is 14.8 Å². The first-order valence-electron chi connectivity index (χ1n) is 6.99. The Balaban J connectivity index is 0.00000147. The van der Waals surface area contributed by atoms with Crippen LogP contribution < -0.4 is 11.2 Å². The average Bonchev–Trinajstić information content (AvgIpc) is 3.02. The lowest BCUT2D eigenvalue weighted by Crippen LogP contribution is -2.41. The lowest BCUT2D eigenvalue weighted by atomic mass is 9.78. The van der Waals surface area contributed by atoms with Gasteiger partial charge in [0.05, 0.1) is 11.2 Å². The summed E-state index contributed by atoms with van der Waals surface area (Å²) in [6.45, 7) is 8.28. The molecule has 2 fully saturated rings. The van der Waals surface area contributed by atoms with Crippen molar-refractivity contribution in [3.05, 3.63) is 29.8 Å². The van der Waals surface area contributed by atoms with E-state index in [0.29, 0.717) is 0 Å². The van der Waals surface area contributed by atoms with Crippen LogP contribution in [0.1, 0.15) is 46.1 Å². The highest BCUT2D eigenvalue weighted by Crippen LogP contribution is 2.42. The number of halogens is 1. The lowest BCUT2D eigenvalue weighted by molar-refractivity contribution is 0.00578. The summed E-state index contributed by atoms with van der Waals surface area (Å²) in [5.74, 6) is 0. The van der Waals surface area contributed by atoms with Crippen LogP contribution in [0.15, 0.2) is 24.3 Å². The maximum absolute atomic E-state index is 6.20. The van der Waals surface area contributed by atoms with E-state index >= 15 is 0 Å². The average molecular weight is 296 g/mol. The fraction of sp³-hybridized carbons (Fsp3) is 0.600. The minimum absolute atomic E-state index is 0. The van der Waals surface area contributed by atoms with E-state index in [0.717, 1.165) is 18.3 Å². The molecule has 1 saturated carbocycles. The van der Waals surface area contributed by atoms with Crippen LogP contribution in [-0.4, -0.2) is 18.3 Å². The van der Waals surface area contributed by atoms with Gasteiger partial charge in [-0.25, -0.2) is 0 Å². The molecule has 0 spiro atoms. The Morgan fingerprint density at radius 3 is 1.80 bits per heavy atom. The van der Waals surface area contributed by atoms with Crippen molar-refractivity contribution >= 4 is 25.0 Å². The Morgan fingerprint density at radius 1 is 0.950 bits per heavy atom. The second-order valence-corrected chi connectivity index (χ2v) is 6.87. The Morgan fingerprint density at radius 2 is 1.40 bits per heavy atom. The first-order valence-corrected chi connectivity index (χ1v) is 6.99. The van der Waals surface area contributed by atoms with Gasteiger partial charge in [0.2, 0.25) is 0 Å². The first-order chi connectivity index (χ1) is 8.74. The van der Waals surface area contributed by atoms with E-state index in [4.69, 9.17) is 15.0 Å². The standard InChI is InChI=1S/C15H22BNO2.ClH/c1-13(2)14(3,4)19-16(18-13)12-7-5-11(6-8-12)15(17)9-10-15;/h5-8H,9-10,17H2,1-4H3;1H. The van der Waals surface area contributed by atoms with Gasteiger partial charge in [-0.1, -0.05) is 24.3 Å². The summed E-state index contributed by atoms with van der Waals surface area (Å²) in [6, 6.07) is 8.36. The lowest BCUT2D eigenvalue weighted by Gasteiger charge is -2.32. The van der Waals surface area contributed by atoms with Gasteiger partial charge in [-0.05, 0) is 51.6 Å². The third kappa shape index (κ3) is 2.50. The van der Waals surface area contributed by atoms with Crippen molar-refractivity contribution < 1.29 is 9.31 Å². The van der Waals surface area contributed by atoms with E-state index in [2.05, 4.69) is 52.0 Å². The van der Waals surface area contributed by atoms with Crippen LogP contribution in [0, 0.1) is 0 Å². The number of hydrogen-bond acceptors (Lipinski definition) is 3. The van der Waals surface area contributed by atoms with Crippen molar-refractivity contribution in [2.45, 2.75) is 57.3 Å². The second kappa shape index (κ2) is 4.74. The van der Waals surface area contributed by atoms with Gasteiger partial charge in [-0.2, -0.15) is 0 Å². The molecule has 1 saturated heterocycles. The summed E-state index contributed by atoms with van der Waals surface area (Å²) in [5, 5.41) is 0. The van der Waals surface area contributed by atoms with Crippen LogP contribution in [0.5, 0.6) is 0 Å². The normalized spacial score (nSPS) is 25.1. The molecule has 0 atom stereocenters. The Kier molecular flexibility index (Phi) is 3.75. The summed E-state index contributed by atoms with van der Waals surface area (Å²) < 4.78 is 12.1. The van der Waals surface area contributed by atoms with Crippen LogP contribution >= 0.6 is 12.4 Å². The van der Waals surface area contributed by atoms with Crippen molar-refractivity contribution in [2.24, 2.45) is 5.73 Å². The molecule has 3 rings (SSSR count). The van der Waals surface area contributed by atoms with Gasteiger partial charge in [0.1, 0.15) is 0 Å². The van der Waals surface area contributed by atoms with Crippen molar-refractivity contribution in [1.82, 2.24) is 0 Å². The highest BCUT2D eigenvalue weighted by Gasteiger charge is 2.51. The summed E-state index contributed by atoms with van der Waals surface area (Å²) in [6.07, 6.45) is 2.17. The van der Waals surface area contributed by atoms with Gasteiger partial charge >= 0.3 is 7.12 Å². The molecule has 1 heterocycles. The molecule has 0 bridgehead atoms. The van der Waals surface area contributed by atoms with E-state index in [1.54, 1.807) is 0 Å². The molecule has 2 N–H and O–H groups in total. The van der Waals surface area contributed by atoms with Crippen LogP contribution in [0.3, 0.4) is 0 Å². The summed E-state index contributed by atoms with van der Waals surface area (Å²) in [4.78, 5) is 0. The molecular weight excluding hydrogens is 272 g/mol. The molecule has 1 aliphatic carbocycles. The molecule has 1 aliphatic heterocycles. The van der Waals surface area contributed by atoms with Crippen LogP contribution in [0.4, 0.5) is 0 Å². The van der Waals surface area contributed by atoms with Gasteiger partial charge < -0.3 is 15.0 Å². The molecule has 2 aliphatic rings. The maximum atomic E-state index is 6.20. The van der Waals surface area contributed by atoms with Gasteiger partial charge in [-0.3, -0.25) is 0 Å². The Bertz CT molecular complexity index is 481. The van der Waals surface area contributed by atoms with E-state index in [-0.39, 0.29) is 36.3 Å². The highest BCUT2D eigenvalue weighted by molar-refractivity contribution is 6.62. The molecule has 5 heteroatoms. The topological polar surface area (TPSA) is 44.5 Å². The fourth-order valence-corrected chi connectivity index (χ4v) is 2.37. The predicted octanol–water partition coefficient (Wildman–Crippen LogP) is 2.36. The number of nitrogens with two attached hydrogens (primary N) is 1. The third-order valence-corrected chi connectivity index (χ3v) is 4.80. The zero-order valence-corrected chi connectivity index (χ0v) is 13.4. The largest absolute Gasteiger partial charge is 0.494 e. The smallest absolute Gasteiger partial charge is 0.399 e. The molecular formula is C15H23BClNO2. The minimum Gasteiger partial charge on any atom is -0.399 e. The minimum atomic E-state index is -0.290. The molecule has 0 amide bonds. The molecule has 1 aromatic rings. The van der Waals surface area contributed by atoms with Crippen molar-refractivity contribution in [3.8, 4) is 0 Å². The molecule has 20 heavy (non-hydrogen) atoms. The van der Waals surface area contributed by atoms with E-state index in [1.807, 2.05) is 0 Å². The van der Waals surface area contributed by atoms with Crippen molar-refractivity contribution in [2.75, 3.05) is 0 Å². The molecule has 0 aromatic heterocycles. The number of hydrogen-bond donors (Lipinski definition) is 1. The molecule has 110 valence electrons. The van der Waals surface area contributed by atoms with Gasteiger partial charge in [-0.15, -0.1) is 12.4 Å². The fourth-order valence-electron chi connectivity index (χ4n) is 2.37. The second-order valence-electron chi connectivity index (χ2n) is 6.87. The van der Waals surface area contributed by atoms with Crippen LogP contribution in [0.2, 0.25) is 0 Å². The van der Waals surface area contributed by atoms with Gasteiger partial charge in [0, 0.05) is 5.54 Å². The number of benzene rings is 1. The monoisotopic (exact) mass is 295 g/mol. The third-order valence-electron chi connectivity index (χ3n) is 4.80. The highest BCUT2D eigenvalue weighted by atomic mass is 35.5. The first kappa shape index (κ1) is 15.8. The van der Waals surface area contributed by atoms with E-state index in [9.17, 15) is 0 Å². The zero-order valence-electron chi connectivity index (χ0n) is 12.6. The summed E-state index contributed by atoms with van der Waals surface area (Å²) in [5.41, 5.74) is 7.82. The summed E-state index contributed by atoms with van der Waals surface area (Å²) in [7, 11) is -0.285. The van der Waals surface area contributed by atoms with E-state index < -0.39 is 0 Å². The molecule has 0 radical (unpaired) electrons. The van der Waals surface area contributed by atoms with Crippen molar-refractivity contribution in [1.29, 1.82) is 0 Å². The quantitative estimate of drug-likeness (QED) is 0.852. The number of rotatable bonds is 2. The molecule has 1 aromatic carbocycles. The SMILES string of the molecule is CC1(C)OB(c2ccc(C3(N)CC3)cc2)OC1(C)C.Cl. The van der Waals surface area contributed by atoms with Crippen LogP contribution in [0.25, 0.3) is 0 Å².